The maximum Gasteiger partial charge on any atom is 0.227 e. The zero-order valence-corrected chi connectivity index (χ0v) is 19.8. The van der Waals surface area contributed by atoms with Crippen LogP contribution in [0.4, 0.5) is 0 Å². The Morgan fingerprint density at radius 1 is 1.18 bits per heavy atom. The summed E-state index contributed by atoms with van der Waals surface area (Å²) in [4.78, 5) is 31.2. The number of benzene rings is 1. The number of morpholine rings is 1. The van der Waals surface area contributed by atoms with Crippen LogP contribution in [0.5, 0.6) is 0 Å². The van der Waals surface area contributed by atoms with Gasteiger partial charge in [0.05, 0.1) is 13.2 Å². The summed E-state index contributed by atoms with van der Waals surface area (Å²) in [7, 11) is 0. The number of nitrogens with one attached hydrogen (secondary N) is 1. The van der Waals surface area contributed by atoms with Gasteiger partial charge in [0.15, 0.2) is 5.82 Å². The van der Waals surface area contributed by atoms with Crippen LogP contribution in [0, 0.1) is 0 Å². The molecule has 1 saturated heterocycles. The summed E-state index contributed by atoms with van der Waals surface area (Å²) in [5, 5.41) is 7.96. The molecule has 0 spiro atoms. The number of carbonyl (C=O) groups is 2. The Labute approximate surface area is 199 Å². The van der Waals surface area contributed by atoms with Crippen LogP contribution in [0.15, 0.2) is 28.8 Å². The van der Waals surface area contributed by atoms with E-state index in [9.17, 15) is 9.59 Å². The van der Waals surface area contributed by atoms with Crippen LogP contribution in [-0.4, -0.2) is 46.6 Å². The zero-order valence-electron chi connectivity index (χ0n) is 19.0. The van der Waals surface area contributed by atoms with Gasteiger partial charge in [0, 0.05) is 31.3 Å². The Bertz CT molecular complexity index is 954. The van der Waals surface area contributed by atoms with E-state index in [1.165, 1.54) is 6.92 Å². The second-order valence-electron chi connectivity index (χ2n) is 8.94. The SMILES string of the molecule is CC(=O)NC1(c2noc(CCC(=O)N3CCOC(c4ccc(Cl)cc4)C3)n2)CCCCCC1. The molecule has 33 heavy (non-hydrogen) atoms. The lowest BCUT2D eigenvalue weighted by Gasteiger charge is -2.33. The molecule has 1 saturated carbocycles. The van der Waals surface area contributed by atoms with Crippen molar-refractivity contribution in [1.29, 1.82) is 0 Å². The van der Waals surface area contributed by atoms with E-state index in [0.29, 0.717) is 42.9 Å². The van der Waals surface area contributed by atoms with Crippen molar-refractivity contribution in [2.24, 2.45) is 0 Å². The zero-order chi connectivity index (χ0) is 23.3. The van der Waals surface area contributed by atoms with Crippen LogP contribution in [0.3, 0.4) is 0 Å². The fourth-order valence-electron chi connectivity index (χ4n) is 4.75. The highest BCUT2D eigenvalue weighted by molar-refractivity contribution is 6.30. The number of nitrogens with zero attached hydrogens (tertiary/aromatic N) is 3. The van der Waals surface area contributed by atoms with Gasteiger partial charge in [0.25, 0.3) is 0 Å². The molecule has 2 aromatic rings. The number of hydrogen-bond acceptors (Lipinski definition) is 6. The van der Waals surface area contributed by atoms with E-state index in [1.54, 1.807) is 0 Å². The molecule has 0 radical (unpaired) electrons. The molecule has 2 amide bonds. The molecule has 1 unspecified atom stereocenters. The minimum absolute atomic E-state index is 0.0306. The maximum atomic E-state index is 12.9. The highest BCUT2D eigenvalue weighted by Gasteiger charge is 2.38. The van der Waals surface area contributed by atoms with E-state index in [-0.39, 0.29) is 24.3 Å². The third kappa shape index (κ3) is 5.92. The molecule has 9 heteroatoms. The standard InChI is InChI=1S/C24H31ClN4O4/c1-17(30)27-24(12-4-2-3-5-13-24)23-26-21(33-28-23)10-11-22(31)29-14-15-32-20(16-29)18-6-8-19(25)9-7-18/h6-9,20H,2-5,10-16H2,1H3,(H,27,30). The van der Waals surface area contributed by atoms with Crippen LogP contribution < -0.4 is 5.32 Å². The number of rotatable bonds is 6. The van der Waals surface area contributed by atoms with Gasteiger partial charge in [-0.3, -0.25) is 9.59 Å². The molecule has 0 bridgehead atoms. The van der Waals surface area contributed by atoms with Crippen molar-refractivity contribution in [3.63, 3.8) is 0 Å². The van der Waals surface area contributed by atoms with Gasteiger partial charge in [0.2, 0.25) is 17.7 Å². The molecular formula is C24H31ClN4O4. The molecule has 178 valence electrons. The van der Waals surface area contributed by atoms with Gasteiger partial charge in [-0.05, 0) is 30.5 Å². The van der Waals surface area contributed by atoms with Crippen LogP contribution in [0.2, 0.25) is 5.02 Å². The fraction of sp³-hybridized carbons (Fsp3) is 0.583. The first-order valence-corrected chi connectivity index (χ1v) is 12.1. The molecule has 2 fully saturated rings. The predicted octanol–water partition coefficient (Wildman–Crippen LogP) is 3.94. The van der Waals surface area contributed by atoms with Crippen LogP contribution in [0.1, 0.15) is 75.3 Å². The number of ether oxygens (including phenoxy) is 1. The van der Waals surface area contributed by atoms with E-state index < -0.39 is 5.54 Å². The first-order chi connectivity index (χ1) is 15.9. The largest absolute Gasteiger partial charge is 0.370 e. The molecule has 1 aliphatic heterocycles. The molecule has 1 atom stereocenters. The summed E-state index contributed by atoms with van der Waals surface area (Å²) < 4.78 is 11.3. The first-order valence-electron chi connectivity index (χ1n) is 11.7. The van der Waals surface area contributed by atoms with Crippen molar-refractivity contribution >= 4 is 23.4 Å². The average Bonchev–Trinajstić information content (AvgIpc) is 3.18. The Balaban J connectivity index is 1.36. The lowest BCUT2D eigenvalue weighted by atomic mass is 9.89. The molecule has 1 aromatic heterocycles. The Kier molecular flexibility index (Phi) is 7.65. The Morgan fingerprint density at radius 2 is 1.91 bits per heavy atom. The summed E-state index contributed by atoms with van der Waals surface area (Å²) in [6.07, 6.45) is 6.36. The number of hydrogen-bond donors (Lipinski definition) is 1. The maximum absolute atomic E-state index is 12.9. The van der Waals surface area contributed by atoms with E-state index in [2.05, 4.69) is 15.5 Å². The van der Waals surface area contributed by atoms with E-state index in [4.69, 9.17) is 20.9 Å². The minimum Gasteiger partial charge on any atom is -0.370 e. The molecule has 1 aliphatic carbocycles. The van der Waals surface area contributed by atoms with Crippen LogP contribution in [-0.2, 0) is 26.3 Å². The van der Waals surface area contributed by atoms with Crippen molar-refractivity contribution in [2.45, 2.75) is 69.9 Å². The number of aromatic nitrogens is 2. The van der Waals surface area contributed by atoms with Gasteiger partial charge >= 0.3 is 0 Å². The molecule has 4 rings (SSSR count). The first kappa shape index (κ1) is 23.7. The van der Waals surface area contributed by atoms with Gasteiger partial charge < -0.3 is 19.5 Å². The minimum atomic E-state index is -0.579. The van der Waals surface area contributed by atoms with E-state index >= 15 is 0 Å². The molecule has 1 aromatic carbocycles. The van der Waals surface area contributed by atoms with Crippen LogP contribution >= 0.6 is 11.6 Å². The summed E-state index contributed by atoms with van der Waals surface area (Å²) >= 11 is 5.98. The van der Waals surface area contributed by atoms with Crippen molar-refractivity contribution < 1.29 is 18.8 Å². The molecule has 2 aliphatic rings. The van der Waals surface area contributed by atoms with Gasteiger partial charge in [-0.15, -0.1) is 0 Å². The van der Waals surface area contributed by atoms with E-state index in [1.807, 2.05) is 29.2 Å². The lowest BCUT2D eigenvalue weighted by molar-refractivity contribution is -0.139. The predicted molar refractivity (Wildman–Crippen MR) is 123 cm³/mol. The van der Waals surface area contributed by atoms with Crippen LogP contribution in [0.25, 0.3) is 0 Å². The topological polar surface area (TPSA) is 97.6 Å². The molecular weight excluding hydrogens is 444 g/mol. The fourth-order valence-corrected chi connectivity index (χ4v) is 4.88. The number of amides is 2. The second kappa shape index (κ2) is 10.7. The summed E-state index contributed by atoms with van der Waals surface area (Å²) in [5.41, 5.74) is 0.425. The third-order valence-electron chi connectivity index (χ3n) is 6.48. The molecule has 8 nitrogen and oxygen atoms in total. The second-order valence-corrected chi connectivity index (χ2v) is 9.38. The van der Waals surface area contributed by atoms with Crippen molar-refractivity contribution in [1.82, 2.24) is 20.4 Å². The summed E-state index contributed by atoms with van der Waals surface area (Å²) in [5.74, 6) is 0.884. The highest BCUT2D eigenvalue weighted by Crippen LogP contribution is 2.34. The average molecular weight is 475 g/mol. The Morgan fingerprint density at radius 3 is 2.61 bits per heavy atom. The van der Waals surface area contributed by atoms with Gasteiger partial charge in [0.1, 0.15) is 11.6 Å². The van der Waals surface area contributed by atoms with Crippen molar-refractivity contribution in [3.8, 4) is 0 Å². The monoisotopic (exact) mass is 474 g/mol. The number of halogens is 1. The molecule has 2 heterocycles. The smallest absolute Gasteiger partial charge is 0.227 e. The number of carbonyl (C=O) groups excluding carboxylic acids is 2. The number of aryl methyl sites for hydroxylation is 1. The van der Waals surface area contributed by atoms with Gasteiger partial charge in [-0.2, -0.15) is 4.98 Å². The van der Waals surface area contributed by atoms with E-state index in [0.717, 1.165) is 44.1 Å². The van der Waals surface area contributed by atoms with Crippen molar-refractivity contribution in [2.75, 3.05) is 19.7 Å². The third-order valence-corrected chi connectivity index (χ3v) is 6.73. The summed E-state index contributed by atoms with van der Waals surface area (Å²) in [6.45, 7) is 3.07. The lowest BCUT2D eigenvalue weighted by Crippen LogP contribution is -2.45. The quantitative estimate of drug-likeness (QED) is 0.637. The summed E-state index contributed by atoms with van der Waals surface area (Å²) in [6, 6.07) is 7.52. The normalized spacial score (nSPS) is 20.8. The molecule has 1 N–H and O–H groups in total. The van der Waals surface area contributed by atoms with Gasteiger partial charge in [-0.1, -0.05) is 54.6 Å². The van der Waals surface area contributed by atoms with Crippen molar-refractivity contribution in [3.05, 3.63) is 46.6 Å². The Hall–Kier alpha value is -2.45. The highest BCUT2D eigenvalue weighted by atomic mass is 35.5. The van der Waals surface area contributed by atoms with Gasteiger partial charge in [-0.25, -0.2) is 0 Å².